The van der Waals surface area contributed by atoms with Crippen molar-refractivity contribution >= 4 is 27.5 Å². The molecule has 0 atom stereocenters. The van der Waals surface area contributed by atoms with Gasteiger partial charge in [0.2, 0.25) is 10.0 Å². The molecule has 0 unspecified atom stereocenters. The summed E-state index contributed by atoms with van der Waals surface area (Å²) in [5, 5.41) is 9.19. The lowest BCUT2D eigenvalue weighted by molar-refractivity contribution is 0.0761. The van der Waals surface area contributed by atoms with Gasteiger partial charge in [-0.15, -0.1) is 0 Å². The van der Waals surface area contributed by atoms with Crippen LogP contribution in [0.4, 0.5) is 0 Å². The molecule has 0 radical (unpaired) electrons. The molecule has 0 N–H and O–H groups in total. The van der Waals surface area contributed by atoms with Gasteiger partial charge in [0.15, 0.2) is 0 Å². The second-order valence-corrected chi connectivity index (χ2v) is 10.9. The fraction of sp³-hybridized carbons (Fsp3) is 0.417. The van der Waals surface area contributed by atoms with E-state index in [2.05, 4.69) is 11.0 Å². The molecular weight excluding hydrogens is 460 g/mol. The first-order valence-corrected chi connectivity index (χ1v) is 12.7. The lowest BCUT2D eigenvalue weighted by Crippen LogP contribution is -2.36. The molecule has 1 heterocycles. The Morgan fingerprint density at radius 1 is 1.12 bits per heavy atom. The number of amides is 1. The highest BCUT2D eigenvalue weighted by atomic mass is 35.5. The van der Waals surface area contributed by atoms with Crippen molar-refractivity contribution in [3.8, 4) is 6.07 Å². The van der Waals surface area contributed by atoms with Gasteiger partial charge in [-0.1, -0.05) is 23.7 Å². The average molecular weight is 489 g/mol. The van der Waals surface area contributed by atoms with Gasteiger partial charge in [-0.05, 0) is 56.2 Å². The number of nitrogens with zero attached hydrogens (tertiary/aromatic N) is 4. The molecular formula is C24H29ClN4O3S. The van der Waals surface area contributed by atoms with E-state index < -0.39 is 10.0 Å². The molecule has 0 bridgehead atoms. The zero-order valence-electron chi connectivity index (χ0n) is 19.2. The summed E-state index contributed by atoms with van der Waals surface area (Å²) < 4.78 is 27.0. The fourth-order valence-electron chi connectivity index (χ4n) is 3.72. The van der Waals surface area contributed by atoms with Gasteiger partial charge in [0.1, 0.15) is 0 Å². The van der Waals surface area contributed by atoms with Crippen LogP contribution in [0.25, 0.3) is 0 Å². The normalized spacial score (nSPS) is 15.5. The largest absolute Gasteiger partial charge is 0.337 e. The molecule has 2 aromatic rings. The monoisotopic (exact) mass is 488 g/mol. The van der Waals surface area contributed by atoms with Crippen LogP contribution in [0.2, 0.25) is 5.02 Å². The quantitative estimate of drug-likeness (QED) is 0.620. The van der Waals surface area contributed by atoms with Crippen LogP contribution >= 0.6 is 11.6 Å². The van der Waals surface area contributed by atoms with Crippen LogP contribution in [0, 0.1) is 11.3 Å². The minimum absolute atomic E-state index is 0.0590. The van der Waals surface area contributed by atoms with Crippen LogP contribution in [0.15, 0.2) is 47.4 Å². The summed E-state index contributed by atoms with van der Waals surface area (Å²) in [6, 6.07) is 13.7. The van der Waals surface area contributed by atoms with Gasteiger partial charge in [-0.3, -0.25) is 9.69 Å². The van der Waals surface area contributed by atoms with Crippen LogP contribution in [0.1, 0.15) is 41.8 Å². The molecule has 2 aromatic carbocycles. The number of hydrogen-bond donors (Lipinski definition) is 0. The minimum Gasteiger partial charge on any atom is -0.337 e. The second-order valence-electron chi connectivity index (χ2n) is 8.49. The molecule has 9 heteroatoms. The highest BCUT2D eigenvalue weighted by molar-refractivity contribution is 7.89. The summed E-state index contributed by atoms with van der Waals surface area (Å²) in [4.78, 5) is 17.3. The van der Waals surface area contributed by atoms with Gasteiger partial charge in [0.05, 0.1) is 27.1 Å². The van der Waals surface area contributed by atoms with Crippen LogP contribution in [0.5, 0.6) is 0 Å². The van der Waals surface area contributed by atoms with Crippen molar-refractivity contribution in [2.75, 3.05) is 33.2 Å². The van der Waals surface area contributed by atoms with E-state index in [0.717, 1.165) is 25.1 Å². The molecule has 0 spiro atoms. The van der Waals surface area contributed by atoms with Crippen molar-refractivity contribution in [1.29, 1.82) is 5.26 Å². The lowest BCUT2D eigenvalue weighted by atomic mass is 10.1. The van der Waals surface area contributed by atoms with Crippen LogP contribution in [-0.2, 0) is 16.6 Å². The van der Waals surface area contributed by atoms with E-state index in [1.54, 1.807) is 18.7 Å². The number of carbonyl (C=O) groups is 1. The van der Waals surface area contributed by atoms with Crippen LogP contribution in [-0.4, -0.2) is 67.7 Å². The summed E-state index contributed by atoms with van der Waals surface area (Å²) in [6.45, 7) is 6.95. The summed E-state index contributed by atoms with van der Waals surface area (Å²) in [5.74, 6) is -0.260. The molecule has 7 nitrogen and oxygen atoms in total. The van der Waals surface area contributed by atoms with Crippen molar-refractivity contribution in [2.45, 2.75) is 37.8 Å². The molecule has 1 saturated heterocycles. The Morgan fingerprint density at radius 2 is 1.82 bits per heavy atom. The second kappa shape index (κ2) is 10.7. The first-order chi connectivity index (χ1) is 15.6. The minimum atomic E-state index is -3.72. The first kappa shape index (κ1) is 25.2. The molecule has 33 heavy (non-hydrogen) atoms. The zero-order chi connectivity index (χ0) is 24.2. The predicted molar refractivity (Wildman–Crippen MR) is 128 cm³/mol. The zero-order valence-corrected chi connectivity index (χ0v) is 20.7. The Bertz CT molecular complexity index is 1140. The van der Waals surface area contributed by atoms with E-state index in [4.69, 9.17) is 16.9 Å². The highest BCUT2D eigenvalue weighted by Crippen LogP contribution is 2.25. The average Bonchev–Trinajstić information content (AvgIpc) is 3.04. The molecule has 1 aliphatic rings. The number of hydrogen-bond acceptors (Lipinski definition) is 5. The van der Waals surface area contributed by atoms with Gasteiger partial charge in [-0.2, -0.15) is 9.57 Å². The summed E-state index contributed by atoms with van der Waals surface area (Å²) in [6.07, 6.45) is 0.799. The van der Waals surface area contributed by atoms with Gasteiger partial charge in [0.25, 0.3) is 5.91 Å². The van der Waals surface area contributed by atoms with Crippen LogP contribution in [0.3, 0.4) is 0 Å². The predicted octanol–water partition coefficient (Wildman–Crippen LogP) is 3.59. The maximum absolute atomic E-state index is 13.3. The number of rotatable bonds is 6. The molecule has 3 rings (SSSR count). The van der Waals surface area contributed by atoms with E-state index in [-0.39, 0.29) is 27.4 Å². The van der Waals surface area contributed by atoms with Gasteiger partial charge in [0, 0.05) is 45.8 Å². The van der Waals surface area contributed by atoms with E-state index in [9.17, 15) is 13.2 Å². The Balaban J connectivity index is 1.73. The molecule has 1 aliphatic heterocycles. The van der Waals surface area contributed by atoms with E-state index in [0.29, 0.717) is 25.2 Å². The standard InChI is InChI=1S/C24H29ClN4O3S/c1-18(2)27(3)33(31,32)21-9-10-23(25)22(15-21)24(30)29-12-4-11-28(13-14-29)17-20-7-5-19(16-26)6-8-20/h5-10,15,18H,4,11-14,17H2,1-3H3. The topological polar surface area (TPSA) is 84.7 Å². The summed E-state index contributed by atoms with van der Waals surface area (Å²) >= 11 is 6.31. The van der Waals surface area contributed by atoms with Crippen molar-refractivity contribution in [1.82, 2.24) is 14.1 Å². The van der Waals surface area contributed by atoms with E-state index >= 15 is 0 Å². The molecule has 0 aliphatic carbocycles. The van der Waals surface area contributed by atoms with Crippen molar-refractivity contribution < 1.29 is 13.2 Å². The number of sulfonamides is 1. The third-order valence-electron chi connectivity index (χ3n) is 5.94. The van der Waals surface area contributed by atoms with E-state index in [1.807, 2.05) is 24.3 Å². The Labute approximate surface area is 201 Å². The summed E-state index contributed by atoms with van der Waals surface area (Å²) in [5.41, 5.74) is 1.95. The Kier molecular flexibility index (Phi) is 8.14. The van der Waals surface area contributed by atoms with Crippen molar-refractivity contribution in [3.05, 3.63) is 64.2 Å². The van der Waals surface area contributed by atoms with Crippen LogP contribution < -0.4 is 0 Å². The van der Waals surface area contributed by atoms with Crippen molar-refractivity contribution in [3.63, 3.8) is 0 Å². The SMILES string of the molecule is CC(C)N(C)S(=O)(=O)c1ccc(Cl)c(C(=O)N2CCCN(Cc3ccc(C#N)cc3)CC2)c1. The highest BCUT2D eigenvalue weighted by Gasteiger charge is 2.27. The maximum Gasteiger partial charge on any atom is 0.255 e. The molecule has 1 fully saturated rings. The van der Waals surface area contributed by atoms with Gasteiger partial charge < -0.3 is 4.90 Å². The van der Waals surface area contributed by atoms with E-state index in [1.165, 1.54) is 29.6 Å². The third-order valence-corrected chi connectivity index (χ3v) is 8.30. The molecule has 0 saturated carbocycles. The maximum atomic E-state index is 13.3. The number of halogens is 1. The first-order valence-electron chi connectivity index (χ1n) is 10.9. The fourth-order valence-corrected chi connectivity index (χ4v) is 5.31. The molecule has 0 aromatic heterocycles. The number of carbonyl (C=O) groups excluding carboxylic acids is 1. The smallest absolute Gasteiger partial charge is 0.255 e. The third kappa shape index (κ3) is 5.92. The Morgan fingerprint density at radius 3 is 2.45 bits per heavy atom. The molecule has 176 valence electrons. The molecule has 1 amide bonds. The number of benzene rings is 2. The van der Waals surface area contributed by atoms with Gasteiger partial charge in [-0.25, -0.2) is 8.42 Å². The summed E-state index contributed by atoms with van der Waals surface area (Å²) in [7, 11) is -2.20. The Hall–Kier alpha value is -2.44. The lowest BCUT2D eigenvalue weighted by Gasteiger charge is -2.24. The van der Waals surface area contributed by atoms with Crippen molar-refractivity contribution in [2.24, 2.45) is 0 Å². The number of nitriles is 1. The van der Waals surface area contributed by atoms with Gasteiger partial charge >= 0.3 is 0 Å².